The third-order valence-electron chi connectivity index (χ3n) is 5.45. The summed E-state index contributed by atoms with van der Waals surface area (Å²) in [6.45, 7) is 5.95. The van der Waals surface area contributed by atoms with E-state index < -0.39 is 48.6 Å². The highest BCUT2D eigenvalue weighted by molar-refractivity contribution is 5.67. The first-order valence-electron chi connectivity index (χ1n) is 12.2. The van der Waals surface area contributed by atoms with E-state index in [1.165, 1.54) is 65.7 Å². The van der Waals surface area contributed by atoms with Gasteiger partial charge in [-0.15, -0.1) is 0 Å². The van der Waals surface area contributed by atoms with Crippen LogP contribution in [0.15, 0.2) is 0 Å². The molecule has 0 aliphatic carbocycles. The minimum atomic E-state index is -1.40. The number of carbonyl (C=O) groups excluding carboxylic acids is 3. The lowest BCUT2D eigenvalue weighted by Crippen LogP contribution is -2.61. The summed E-state index contributed by atoms with van der Waals surface area (Å²) >= 11 is 0. The van der Waals surface area contributed by atoms with Crippen molar-refractivity contribution in [3.8, 4) is 0 Å². The topological polar surface area (TPSA) is 118 Å². The predicted octanol–water partition coefficient (Wildman–Crippen LogP) is 3.44. The summed E-state index contributed by atoms with van der Waals surface area (Å²) in [6, 6.07) is 0. The Hall–Kier alpha value is -1.71. The molecule has 1 N–H and O–H groups in total. The number of esters is 3. The highest BCUT2D eigenvalue weighted by atomic mass is 16.7. The zero-order chi connectivity index (χ0) is 24.6. The molecule has 1 fully saturated rings. The normalized spacial score (nSPS) is 24.8. The second-order valence-electron chi connectivity index (χ2n) is 8.54. The molecule has 1 aliphatic heterocycles. The van der Waals surface area contributed by atoms with Crippen LogP contribution in [0.3, 0.4) is 0 Å². The molecule has 0 unspecified atom stereocenters. The van der Waals surface area contributed by atoms with Gasteiger partial charge < -0.3 is 28.8 Å². The van der Waals surface area contributed by atoms with E-state index in [2.05, 4.69) is 6.92 Å². The summed E-state index contributed by atoms with van der Waals surface area (Å²) in [5.41, 5.74) is 0. The van der Waals surface area contributed by atoms with Crippen LogP contribution in [0.2, 0.25) is 0 Å². The van der Waals surface area contributed by atoms with Crippen LogP contribution in [0.4, 0.5) is 0 Å². The van der Waals surface area contributed by atoms with Crippen LogP contribution >= 0.6 is 0 Å². The molecule has 9 nitrogen and oxygen atoms in total. The standard InChI is InChI=1S/C24H42O9/c1-5-6-7-8-9-10-11-12-13-14-15-29-24-23(32-19(4)27)21(28)22(31-18(3)26)20(33-24)16-30-17(2)25/h20-24,28H,5-16H2,1-4H3/t20-,21+,22-,23-,24-/m1/s1. The summed E-state index contributed by atoms with van der Waals surface area (Å²) in [6.07, 6.45) is 6.02. The molecule has 1 saturated heterocycles. The van der Waals surface area contributed by atoms with Crippen molar-refractivity contribution in [1.29, 1.82) is 0 Å². The number of rotatable bonds is 16. The summed E-state index contributed by atoms with van der Waals surface area (Å²) in [5, 5.41) is 10.8. The number of aliphatic hydroxyl groups excluding tert-OH is 1. The molecule has 0 saturated carbocycles. The van der Waals surface area contributed by atoms with Crippen molar-refractivity contribution in [2.24, 2.45) is 0 Å². The quantitative estimate of drug-likeness (QED) is 0.204. The van der Waals surface area contributed by atoms with Crippen LogP contribution in [0.1, 0.15) is 91.9 Å². The van der Waals surface area contributed by atoms with E-state index in [0.29, 0.717) is 6.61 Å². The van der Waals surface area contributed by atoms with Gasteiger partial charge in [0, 0.05) is 27.4 Å². The van der Waals surface area contributed by atoms with E-state index in [0.717, 1.165) is 19.3 Å². The first-order valence-corrected chi connectivity index (χ1v) is 12.2. The second-order valence-corrected chi connectivity index (χ2v) is 8.54. The maximum absolute atomic E-state index is 11.6. The van der Waals surface area contributed by atoms with Crippen molar-refractivity contribution in [3.63, 3.8) is 0 Å². The molecule has 1 heterocycles. The number of unbranched alkanes of at least 4 members (excludes halogenated alkanes) is 9. The van der Waals surface area contributed by atoms with Gasteiger partial charge in [-0.2, -0.15) is 0 Å². The molecular weight excluding hydrogens is 432 g/mol. The van der Waals surface area contributed by atoms with Gasteiger partial charge in [0.05, 0.1) is 0 Å². The predicted molar refractivity (Wildman–Crippen MR) is 120 cm³/mol. The SMILES string of the molecule is CCCCCCCCCCCCO[C@@H]1O[C@H](COC(C)=O)[C@@H](OC(C)=O)[C@H](O)[C@H]1OC(C)=O. The smallest absolute Gasteiger partial charge is 0.303 e. The van der Waals surface area contributed by atoms with Gasteiger partial charge in [0.25, 0.3) is 0 Å². The number of aliphatic hydroxyl groups is 1. The molecule has 0 spiro atoms. The molecule has 1 aliphatic rings. The largest absolute Gasteiger partial charge is 0.463 e. The van der Waals surface area contributed by atoms with Crippen LogP contribution < -0.4 is 0 Å². The van der Waals surface area contributed by atoms with Crippen LogP contribution in [0.5, 0.6) is 0 Å². The summed E-state index contributed by atoms with van der Waals surface area (Å²) in [7, 11) is 0. The van der Waals surface area contributed by atoms with E-state index >= 15 is 0 Å². The third kappa shape index (κ3) is 12.4. The second kappa shape index (κ2) is 16.8. The Balaban J connectivity index is 2.54. The average molecular weight is 475 g/mol. The van der Waals surface area contributed by atoms with Gasteiger partial charge in [0.2, 0.25) is 0 Å². The lowest BCUT2D eigenvalue weighted by atomic mass is 9.98. The van der Waals surface area contributed by atoms with Crippen molar-refractivity contribution in [2.75, 3.05) is 13.2 Å². The lowest BCUT2D eigenvalue weighted by molar-refractivity contribution is -0.306. The van der Waals surface area contributed by atoms with Gasteiger partial charge in [-0.25, -0.2) is 0 Å². The molecule has 5 atom stereocenters. The first kappa shape index (κ1) is 29.3. The van der Waals surface area contributed by atoms with Gasteiger partial charge >= 0.3 is 17.9 Å². The van der Waals surface area contributed by atoms with E-state index in [1.807, 2.05) is 0 Å². The van der Waals surface area contributed by atoms with E-state index in [4.69, 9.17) is 23.7 Å². The molecular formula is C24H42O9. The molecule has 0 amide bonds. The van der Waals surface area contributed by atoms with E-state index in [-0.39, 0.29) is 6.61 Å². The van der Waals surface area contributed by atoms with Crippen LogP contribution in [0.25, 0.3) is 0 Å². The van der Waals surface area contributed by atoms with E-state index in [9.17, 15) is 19.5 Å². The first-order chi connectivity index (χ1) is 15.8. The monoisotopic (exact) mass is 474 g/mol. The van der Waals surface area contributed by atoms with Crippen molar-refractivity contribution < 1.29 is 43.2 Å². The number of hydrogen-bond acceptors (Lipinski definition) is 9. The van der Waals surface area contributed by atoms with Gasteiger partial charge in [0.1, 0.15) is 18.8 Å². The van der Waals surface area contributed by atoms with Gasteiger partial charge in [-0.05, 0) is 6.42 Å². The lowest BCUT2D eigenvalue weighted by Gasteiger charge is -2.42. The number of carbonyl (C=O) groups is 3. The molecule has 0 radical (unpaired) electrons. The van der Waals surface area contributed by atoms with Gasteiger partial charge in [-0.3, -0.25) is 14.4 Å². The number of hydrogen-bond donors (Lipinski definition) is 1. The average Bonchev–Trinajstić information content (AvgIpc) is 2.74. The van der Waals surface area contributed by atoms with Crippen molar-refractivity contribution in [3.05, 3.63) is 0 Å². The molecule has 0 aromatic carbocycles. The van der Waals surface area contributed by atoms with Crippen LogP contribution in [-0.4, -0.2) is 66.9 Å². The Morgan fingerprint density at radius 2 is 1.27 bits per heavy atom. The highest BCUT2D eigenvalue weighted by Crippen LogP contribution is 2.27. The minimum absolute atomic E-state index is 0.241. The zero-order valence-corrected chi connectivity index (χ0v) is 20.6. The summed E-state index contributed by atoms with van der Waals surface area (Å²) in [4.78, 5) is 34.3. The van der Waals surface area contributed by atoms with Crippen LogP contribution in [-0.2, 0) is 38.1 Å². The molecule has 0 aromatic heterocycles. The Labute approximate surface area is 197 Å². The fourth-order valence-electron chi connectivity index (χ4n) is 3.81. The van der Waals surface area contributed by atoms with E-state index in [1.54, 1.807) is 0 Å². The van der Waals surface area contributed by atoms with Crippen molar-refractivity contribution in [2.45, 2.75) is 123 Å². The number of ether oxygens (including phenoxy) is 5. The van der Waals surface area contributed by atoms with Gasteiger partial charge in [-0.1, -0.05) is 64.7 Å². The minimum Gasteiger partial charge on any atom is -0.463 e. The maximum atomic E-state index is 11.6. The zero-order valence-electron chi connectivity index (χ0n) is 20.6. The Morgan fingerprint density at radius 1 is 0.758 bits per heavy atom. The Bertz CT molecular complexity index is 578. The molecule has 33 heavy (non-hydrogen) atoms. The molecule has 192 valence electrons. The molecule has 1 rings (SSSR count). The van der Waals surface area contributed by atoms with Crippen molar-refractivity contribution >= 4 is 17.9 Å². The maximum Gasteiger partial charge on any atom is 0.303 e. The highest BCUT2D eigenvalue weighted by Gasteiger charge is 2.50. The fourth-order valence-corrected chi connectivity index (χ4v) is 3.81. The summed E-state index contributed by atoms with van der Waals surface area (Å²) < 4.78 is 27.0. The van der Waals surface area contributed by atoms with Gasteiger partial charge in [0.15, 0.2) is 18.5 Å². The molecule has 0 aromatic rings. The summed E-state index contributed by atoms with van der Waals surface area (Å²) in [5.74, 6) is -1.82. The fraction of sp³-hybridized carbons (Fsp3) is 0.875. The Morgan fingerprint density at radius 3 is 1.79 bits per heavy atom. The Kier molecular flexibility index (Phi) is 15.0. The molecule has 9 heteroatoms. The molecule has 0 bridgehead atoms. The van der Waals surface area contributed by atoms with Crippen molar-refractivity contribution in [1.82, 2.24) is 0 Å². The van der Waals surface area contributed by atoms with Crippen LogP contribution in [0, 0.1) is 0 Å². The third-order valence-corrected chi connectivity index (χ3v) is 5.45.